The van der Waals surface area contributed by atoms with Crippen LogP contribution in [0.3, 0.4) is 0 Å². The summed E-state index contributed by atoms with van der Waals surface area (Å²) in [6, 6.07) is 10.8. The Morgan fingerprint density at radius 3 is 2.00 bits per heavy atom. The van der Waals surface area contributed by atoms with Gasteiger partial charge >= 0.3 is 0 Å². The van der Waals surface area contributed by atoms with Crippen LogP contribution in [0.4, 0.5) is 0 Å². The molecule has 0 saturated carbocycles. The fraction of sp³-hybridized carbons (Fsp3) is 0.188. The van der Waals surface area contributed by atoms with Crippen LogP contribution in [-0.4, -0.2) is 28.5 Å². The molecule has 0 heterocycles. The van der Waals surface area contributed by atoms with Gasteiger partial charge in [0.1, 0.15) is 11.5 Å². The predicted molar refractivity (Wildman–Crippen MR) is 88.5 cm³/mol. The number of sulfonamides is 1. The lowest BCUT2D eigenvalue weighted by Crippen LogP contribution is -2.41. The number of amides is 1. The molecule has 0 saturated heterocycles. The first-order chi connectivity index (χ1) is 11.4. The van der Waals surface area contributed by atoms with Crippen LogP contribution in [0.15, 0.2) is 47.4 Å². The van der Waals surface area contributed by atoms with Crippen molar-refractivity contribution in [2.45, 2.75) is 11.8 Å². The van der Waals surface area contributed by atoms with Gasteiger partial charge in [0.2, 0.25) is 0 Å². The number of hydrogen-bond acceptors (Lipinski definition) is 5. The first-order valence-electron chi connectivity index (χ1n) is 6.97. The maximum atomic E-state index is 12.2. The van der Waals surface area contributed by atoms with Gasteiger partial charge in [-0.2, -0.15) is 0 Å². The highest BCUT2D eigenvalue weighted by Gasteiger charge is 2.16. The second kappa shape index (κ2) is 7.33. The summed E-state index contributed by atoms with van der Waals surface area (Å²) in [5.74, 6) is 0.199. The summed E-state index contributed by atoms with van der Waals surface area (Å²) in [6.45, 7) is 1.85. The monoisotopic (exact) mass is 350 g/mol. The molecule has 0 atom stereocenters. The lowest BCUT2D eigenvalue weighted by Gasteiger charge is -2.11. The minimum Gasteiger partial charge on any atom is -0.497 e. The number of rotatable bonds is 6. The average Bonchev–Trinajstić information content (AvgIpc) is 2.59. The third-order valence-corrected chi connectivity index (χ3v) is 4.51. The van der Waals surface area contributed by atoms with Gasteiger partial charge in [0.25, 0.3) is 15.9 Å². The van der Waals surface area contributed by atoms with Gasteiger partial charge in [-0.1, -0.05) is 17.7 Å². The van der Waals surface area contributed by atoms with Crippen LogP contribution in [0.25, 0.3) is 0 Å². The fourth-order valence-electron chi connectivity index (χ4n) is 1.90. The fourth-order valence-corrected chi connectivity index (χ4v) is 2.74. The largest absolute Gasteiger partial charge is 0.497 e. The molecule has 7 nitrogen and oxygen atoms in total. The van der Waals surface area contributed by atoms with E-state index >= 15 is 0 Å². The Balaban J connectivity index is 2.14. The Bertz CT molecular complexity index is 810. The van der Waals surface area contributed by atoms with Crippen molar-refractivity contribution in [3.63, 3.8) is 0 Å². The summed E-state index contributed by atoms with van der Waals surface area (Å²) < 4.78 is 34.5. The molecule has 128 valence electrons. The number of nitrogens with one attached hydrogen (secondary N) is 2. The Morgan fingerprint density at radius 1 is 0.958 bits per heavy atom. The standard InChI is InChI=1S/C16H18N2O5S/c1-11-4-6-15(7-5-11)24(20,21)18-17-16(19)12-8-13(22-2)10-14(9-12)23-3/h4-10,18H,1-3H3,(H,17,19). The maximum Gasteiger partial charge on any atom is 0.266 e. The van der Waals surface area contributed by atoms with E-state index in [0.717, 1.165) is 5.56 Å². The highest BCUT2D eigenvalue weighted by molar-refractivity contribution is 7.89. The van der Waals surface area contributed by atoms with Crippen LogP contribution in [-0.2, 0) is 10.0 Å². The van der Waals surface area contributed by atoms with Crippen LogP contribution in [0, 0.1) is 6.92 Å². The molecule has 0 aliphatic heterocycles. The van der Waals surface area contributed by atoms with E-state index in [1.165, 1.54) is 38.5 Å². The van der Waals surface area contributed by atoms with Crippen molar-refractivity contribution in [2.24, 2.45) is 0 Å². The number of benzene rings is 2. The summed E-state index contributed by atoms with van der Waals surface area (Å²) in [4.78, 5) is 14.3. The SMILES string of the molecule is COc1cc(OC)cc(C(=O)NNS(=O)(=O)c2ccc(C)cc2)c1. The molecule has 2 N–H and O–H groups in total. The number of hydrogen-bond donors (Lipinski definition) is 2. The Kier molecular flexibility index (Phi) is 5.42. The van der Waals surface area contributed by atoms with Crippen molar-refractivity contribution in [3.05, 3.63) is 53.6 Å². The molecular formula is C16H18N2O5S. The number of methoxy groups -OCH3 is 2. The average molecular weight is 350 g/mol. The molecule has 0 spiro atoms. The lowest BCUT2D eigenvalue weighted by molar-refractivity contribution is 0.0944. The van der Waals surface area contributed by atoms with Gasteiger partial charge in [-0.05, 0) is 31.2 Å². The van der Waals surface area contributed by atoms with Gasteiger partial charge in [-0.3, -0.25) is 10.2 Å². The van der Waals surface area contributed by atoms with Gasteiger partial charge in [0.05, 0.1) is 19.1 Å². The minimum absolute atomic E-state index is 0.0524. The Labute approximate surface area is 140 Å². The van der Waals surface area contributed by atoms with E-state index in [4.69, 9.17) is 9.47 Å². The zero-order valence-electron chi connectivity index (χ0n) is 13.5. The highest BCUT2D eigenvalue weighted by Crippen LogP contribution is 2.22. The van der Waals surface area contributed by atoms with Crippen LogP contribution < -0.4 is 19.7 Å². The van der Waals surface area contributed by atoms with Gasteiger partial charge in [-0.15, -0.1) is 4.83 Å². The molecule has 0 aromatic heterocycles. The molecule has 0 fully saturated rings. The second-order valence-electron chi connectivity index (χ2n) is 4.97. The summed E-state index contributed by atoms with van der Waals surface area (Å²) in [5.41, 5.74) is 3.29. The van der Waals surface area contributed by atoms with Crippen LogP contribution in [0.5, 0.6) is 11.5 Å². The molecule has 0 aliphatic rings. The zero-order chi connectivity index (χ0) is 17.7. The number of ether oxygens (including phenoxy) is 2. The van der Waals surface area contributed by atoms with Crippen molar-refractivity contribution in [1.82, 2.24) is 10.3 Å². The summed E-state index contributed by atoms with van der Waals surface area (Å²) in [6.07, 6.45) is 0. The molecule has 2 aromatic carbocycles. The third-order valence-electron chi connectivity index (χ3n) is 3.24. The summed E-state index contributed by atoms with van der Waals surface area (Å²) >= 11 is 0. The smallest absolute Gasteiger partial charge is 0.266 e. The van der Waals surface area contributed by atoms with E-state index in [2.05, 4.69) is 10.3 Å². The van der Waals surface area contributed by atoms with Crippen molar-refractivity contribution >= 4 is 15.9 Å². The molecule has 0 unspecified atom stereocenters. The topological polar surface area (TPSA) is 93.7 Å². The maximum absolute atomic E-state index is 12.2. The van der Waals surface area contributed by atoms with Crippen LogP contribution in [0.2, 0.25) is 0 Å². The summed E-state index contributed by atoms with van der Waals surface area (Å²) in [5, 5.41) is 0. The molecule has 2 rings (SSSR count). The lowest BCUT2D eigenvalue weighted by atomic mass is 10.2. The Hall–Kier alpha value is -2.58. The number of aryl methyl sites for hydroxylation is 1. The van der Waals surface area contributed by atoms with Crippen molar-refractivity contribution in [2.75, 3.05) is 14.2 Å². The van der Waals surface area contributed by atoms with Crippen LogP contribution in [0.1, 0.15) is 15.9 Å². The number of carbonyl (C=O) groups is 1. The Morgan fingerprint density at radius 2 is 1.50 bits per heavy atom. The number of carbonyl (C=O) groups excluding carboxylic acids is 1. The first kappa shape index (κ1) is 17.8. The molecule has 0 radical (unpaired) electrons. The quantitative estimate of drug-likeness (QED) is 0.773. The minimum atomic E-state index is -3.86. The molecular weight excluding hydrogens is 332 g/mol. The van der Waals surface area contributed by atoms with E-state index in [0.29, 0.717) is 11.5 Å². The first-order valence-corrected chi connectivity index (χ1v) is 8.46. The summed E-state index contributed by atoms with van der Waals surface area (Å²) in [7, 11) is -0.946. The van der Waals surface area contributed by atoms with Crippen molar-refractivity contribution in [1.29, 1.82) is 0 Å². The normalized spacial score (nSPS) is 11.0. The van der Waals surface area contributed by atoms with E-state index in [1.807, 2.05) is 6.92 Å². The zero-order valence-corrected chi connectivity index (χ0v) is 14.3. The van der Waals surface area contributed by atoms with Gasteiger partial charge in [-0.25, -0.2) is 8.42 Å². The van der Waals surface area contributed by atoms with E-state index < -0.39 is 15.9 Å². The molecule has 0 aliphatic carbocycles. The highest BCUT2D eigenvalue weighted by atomic mass is 32.2. The van der Waals surface area contributed by atoms with E-state index in [-0.39, 0.29) is 10.5 Å². The molecule has 24 heavy (non-hydrogen) atoms. The predicted octanol–water partition coefficient (Wildman–Crippen LogP) is 1.64. The third kappa shape index (κ3) is 4.24. The molecule has 8 heteroatoms. The van der Waals surface area contributed by atoms with E-state index in [9.17, 15) is 13.2 Å². The van der Waals surface area contributed by atoms with Crippen LogP contribution >= 0.6 is 0 Å². The van der Waals surface area contributed by atoms with E-state index in [1.54, 1.807) is 18.2 Å². The van der Waals surface area contributed by atoms with Gasteiger partial charge in [0.15, 0.2) is 0 Å². The molecule has 1 amide bonds. The van der Waals surface area contributed by atoms with Gasteiger partial charge < -0.3 is 9.47 Å². The van der Waals surface area contributed by atoms with Crippen molar-refractivity contribution < 1.29 is 22.7 Å². The van der Waals surface area contributed by atoms with Gasteiger partial charge in [0, 0.05) is 11.6 Å². The molecule has 0 bridgehead atoms. The van der Waals surface area contributed by atoms with Crippen molar-refractivity contribution in [3.8, 4) is 11.5 Å². The molecule has 2 aromatic rings. The second-order valence-corrected chi connectivity index (χ2v) is 6.66. The number of hydrazine groups is 1.